The van der Waals surface area contributed by atoms with Gasteiger partial charge in [-0.05, 0) is 41.4 Å². The molecule has 0 saturated carbocycles. The van der Waals surface area contributed by atoms with Crippen LogP contribution in [0.15, 0.2) is 4.47 Å². The van der Waals surface area contributed by atoms with Crippen LogP contribution in [0, 0.1) is 13.8 Å². The molecule has 0 aliphatic heterocycles. The molecule has 0 aliphatic carbocycles. The van der Waals surface area contributed by atoms with Crippen LogP contribution >= 0.6 is 39.1 Å². The van der Waals surface area contributed by atoms with E-state index >= 15 is 0 Å². The molecule has 0 N–H and O–H groups in total. The Morgan fingerprint density at radius 3 is 2.44 bits per heavy atom. The van der Waals surface area contributed by atoms with Gasteiger partial charge in [-0.15, -0.1) is 10.2 Å². The highest BCUT2D eigenvalue weighted by molar-refractivity contribution is 9.10. The van der Waals surface area contributed by atoms with Gasteiger partial charge in [-0.1, -0.05) is 11.6 Å². The standard InChI is InChI=1S/C8H6BrCl2N5/c1-3-5(9)4(2)16(15-3)7-6(10)13-14-8(11)12-7/h1-2H3. The van der Waals surface area contributed by atoms with Crippen LogP contribution in [-0.2, 0) is 0 Å². The van der Waals surface area contributed by atoms with Crippen LogP contribution in [0.2, 0.25) is 10.4 Å². The Labute approximate surface area is 110 Å². The summed E-state index contributed by atoms with van der Waals surface area (Å²) in [6, 6.07) is 0. The molecule has 0 radical (unpaired) electrons. The quantitative estimate of drug-likeness (QED) is 0.810. The Balaban J connectivity index is 2.67. The van der Waals surface area contributed by atoms with E-state index in [1.807, 2.05) is 13.8 Å². The van der Waals surface area contributed by atoms with Gasteiger partial charge in [0.2, 0.25) is 5.28 Å². The van der Waals surface area contributed by atoms with Crippen LogP contribution in [0.4, 0.5) is 0 Å². The largest absolute Gasteiger partial charge is 0.245 e. The first-order valence-electron chi connectivity index (χ1n) is 4.28. The molecule has 0 atom stereocenters. The Hall–Kier alpha value is -0.720. The fourth-order valence-corrected chi connectivity index (χ4v) is 1.78. The molecule has 2 aromatic rings. The van der Waals surface area contributed by atoms with Crippen LogP contribution in [0.1, 0.15) is 11.4 Å². The van der Waals surface area contributed by atoms with Gasteiger partial charge in [-0.25, -0.2) is 4.68 Å². The van der Waals surface area contributed by atoms with Crippen LogP contribution < -0.4 is 0 Å². The first kappa shape index (κ1) is 11.8. The second-order valence-corrected chi connectivity index (χ2v) is 4.58. The van der Waals surface area contributed by atoms with E-state index in [2.05, 4.69) is 36.2 Å². The van der Waals surface area contributed by atoms with Gasteiger partial charge in [-0.3, -0.25) is 0 Å². The Bertz CT molecular complexity index is 554. The summed E-state index contributed by atoms with van der Waals surface area (Å²) in [5.74, 6) is 0.368. The van der Waals surface area contributed by atoms with Crippen molar-refractivity contribution in [2.24, 2.45) is 0 Å². The lowest BCUT2D eigenvalue weighted by Crippen LogP contribution is -2.05. The molecule has 2 heterocycles. The van der Waals surface area contributed by atoms with Crippen molar-refractivity contribution in [1.29, 1.82) is 0 Å². The van der Waals surface area contributed by atoms with Crippen LogP contribution in [0.25, 0.3) is 5.82 Å². The van der Waals surface area contributed by atoms with Gasteiger partial charge >= 0.3 is 0 Å². The van der Waals surface area contributed by atoms with Gasteiger partial charge in [0.15, 0.2) is 11.0 Å². The summed E-state index contributed by atoms with van der Waals surface area (Å²) in [6.07, 6.45) is 0. The van der Waals surface area contributed by atoms with Gasteiger partial charge in [0.1, 0.15) is 0 Å². The van der Waals surface area contributed by atoms with Gasteiger partial charge in [0.05, 0.1) is 15.9 Å². The minimum Gasteiger partial charge on any atom is -0.215 e. The molecule has 0 amide bonds. The third kappa shape index (κ3) is 1.92. The third-order valence-corrected chi connectivity index (χ3v) is 3.56. The van der Waals surface area contributed by atoms with Crippen molar-refractivity contribution in [3.63, 3.8) is 0 Å². The molecule has 0 fully saturated rings. The zero-order valence-corrected chi connectivity index (χ0v) is 11.5. The van der Waals surface area contributed by atoms with Crippen LogP contribution in [0.5, 0.6) is 0 Å². The number of halogens is 3. The maximum Gasteiger partial charge on any atom is 0.245 e. The third-order valence-electron chi connectivity index (χ3n) is 2.01. The number of rotatable bonds is 1. The number of nitrogens with zero attached hydrogens (tertiary/aromatic N) is 5. The molecule has 5 nitrogen and oxygen atoms in total. The van der Waals surface area contributed by atoms with Gasteiger partial charge in [-0.2, -0.15) is 10.1 Å². The van der Waals surface area contributed by atoms with Crippen molar-refractivity contribution in [3.05, 3.63) is 26.3 Å². The zero-order chi connectivity index (χ0) is 11.9. The highest BCUT2D eigenvalue weighted by Crippen LogP contribution is 2.24. The van der Waals surface area contributed by atoms with Gasteiger partial charge in [0.25, 0.3) is 0 Å². The molecule has 0 aliphatic rings. The lowest BCUT2D eigenvalue weighted by atomic mass is 10.4. The van der Waals surface area contributed by atoms with E-state index in [1.165, 1.54) is 0 Å². The predicted octanol–water partition coefficient (Wildman–Crippen LogP) is 2.74. The second kappa shape index (κ2) is 4.27. The van der Waals surface area contributed by atoms with Crippen molar-refractivity contribution >= 4 is 39.1 Å². The van der Waals surface area contributed by atoms with Crippen molar-refractivity contribution < 1.29 is 0 Å². The van der Waals surface area contributed by atoms with Crippen molar-refractivity contribution in [2.45, 2.75) is 13.8 Å². The van der Waals surface area contributed by atoms with Crippen LogP contribution in [0.3, 0.4) is 0 Å². The van der Waals surface area contributed by atoms with E-state index in [9.17, 15) is 0 Å². The molecule has 2 aromatic heterocycles. The van der Waals surface area contributed by atoms with E-state index in [0.717, 1.165) is 15.9 Å². The maximum absolute atomic E-state index is 5.89. The molecular formula is C8H6BrCl2N5. The van der Waals surface area contributed by atoms with Gasteiger partial charge in [0, 0.05) is 0 Å². The summed E-state index contributed by atoms with van der Waals surface area (Å²) >= 11 is 15.0. The molecule has 8 heteroatoms. The van der Waals surface area contributed by atoms with Gasteiger partial charge < -0.3 is 0 Å². The molecule has 16 heavy (non-hydrogen) atoms. The molecule has 0 bridgehead atoms. The SMILES string of the molecule is Cc1nn(-c2nc(Cl)nnc2Cl)c(C)c1Br. The van der Waals surface area contributed by atoms with E-state index in [1.54, 1.807) is 4.68 Å². The summed E-state index contributed by atoms with van der Waals surface area (Å²) in [5.41, 5.74) is 1.71. The van der Waals surface area contributed by atoms with E-state index < -0.39 is 0 Å². The molecule has 84 valence electrons. The number of hydrogen-bond donors (Lipinski definition) is 0. The monoisotopic (exact) mass is 321 g/mol. The predicted molar refractivity (Wildman–Crippen MR) is 64.1 cm³/mol. The topological polar surface area (TPSA) is 56.5 Å². The number of aryl methyl sites for hydroxylation is 1. The van der Waals surface area contributed by atoms with E-state index in [0.29, 0.717) is 5.82 Å². The Kier molecular flexibility index (Phi) is 3.14. The van der Waals surface area contributed by atoms with Crippen LogP contribution in [-0.4, -0.2) is 25.0 Å². The van der Waals surface area contributed by atoms with Crippen molar-refractivity contribution in [1.82, 2.24) is 25.0 Å². The summed E-state index contributed by atoms with van der Waals surface area (Å²) in [6.45, 7) is 3.76. The zero-order valence-electron chi connectivity index (χ0n) is 8.37. The van der Waals surface area contributed by atoms with Crippen molar-refractivity contribution in [3.8, 4) is 5.82 Å². The average molecular weight is 323 g/mol. The van der Waals surface area contributed by atoms with E-state index in [-0.39, 0.29) is 10.4 Å². The summed E-state index contributed by atoms with van der Waals surface area (Å²) in [5, 5.41) is 11.7. The molecule has 0 unspecified atom stereocenters. The lowest BCUT2D eigenvalue weighted by molar-refractivity contribution is 0.782. The smallest absolute Gasteiger partial charge is 0.215 e. The summed E-state index contributed by atoms with van der Waals surface area (Å²) < 4.78 is 2.47. The normalized spacial score (nSPS) is 10.8. The summed E-state index contributed by atoms with van der Waals surface area (Å²) in [7, 11) is 0. The molecule has 0 aromatic carbocycles. The Morgan fingerprint density at radius 1 is 1.19 bits per heavy atom. The molecular weight excluding hydrogens is 317 g/mol. The molecule has 0 saturated heterocycles. The summed E-state index contributed by atoms with van der Waals surface area (Å²) in [4.78, 5) is 4.00. The second-order valence-electron chi connectivity index (χ2n) is 3.09. The average Bonchev–Trinajstić information content (AvgIpc) is 2.50. The lowest BCUT2D eigenvalue weighted by Gasteiger charge is -2.03. The fraction of sp³-hybridized carbons (Fsp3) is 0.250. The fourth-order valence-electron chi connectivity index (χ4n) is 1.25. The number of hydrogen-bond acceptors (Lipinski definition) is 4. The highest BCUT2D eigenvalue weighted by atomic mass is 79.9. The first-order valence-corrected chi connectivity index (χ1v) is 5.83. The maximum atomic E-state index is 5.89. The van der Waals surface area contributed by atoms with Crippen molar-refractivity contribution in [2.75, 3.05) is 0 Å². The molecule has 0 spiro atoms. The number of aromatic nitrogens is 5. The Morgan fingerprint density at radius 2 is 1.88 bits per heavy atom. The minimum atomic E-state index is 0.0306. The first-order chi connectivity index (χ1) is 7.50. The van der Waals surface area contributed by atoms with E-state index in [4.69, 9.17) is 23.2 Å². The minimum absolute atomic E-state index is 0.0306. The highest BCUT2D eigenvalue weighted by Gasteiger charge is 2.15. The molecule has 2 rings (SSSR count).